The zero-order valence-electron chi connectivity index (χ0n) is 16.1. The largest absolute Gasteiger partial charge is 0.487 e. The maximum absolute atomic E-state index is 13.8. The lowest BCUT2D eigenvalue weighted by molar-refractivity contribution is 0.0186. The van der Waals surface area contributed by atoms with Gasteiger partial charge in [-0.15, -0.1) is 0 Å². The number of hydrogen-bond donors (Lipinski definition) is 1. The molecule has 1 aromatic rings. The highest BCUT2D eigenvalue weighted by atomic mass is 19.3. The zero-order chi connectivity index (χ0) is 19.9. The van der Waals surface area contributed by atoms with E-state index in [9.17, 15) is 18.4 Å². The standard InChI is InChI=1S/C21H24F2N2O3/c1-19(2)10-16(26)15-7-12(3-6-17(15)28-19)24-18(27)25-13-4-5-14(25)9-20(8-13)11-21(20,22)23/h3,6-7,13-14H,4-5,8-11H2,1-2H3,(H,24,27). The van der Waals surface area contributed by atoms with Gasteiger partial charge < -0.3 is 15.0 Å². The van der Waals surface area contributed by atoms with Gasteiger partial charge in [0.15, 0.2) is 5.78 Å². The number of urea groups is 1. The molecule has 2 amide bonds. The van der Waals surface area contributed by atoms with Crippen LogP contribution in [0.1, 0.15) is 62.7 Å². The number of halogens is 2. The molecule has 150 valence electrons. The smallest absolute Gasteiger partial charge is 0.322 e. The Labute approximate surface area is 162 Å². The first kappa shape index (κ1) is 17.9. The van der Waals surface area contributed by atoms with Crippen LogP contribution in [0.3, 0.4) is 0 Å². The summed E-state index contributed by atoms with van der Waals surface area (Å²) in [5.74, 6) is -2.06. The van der Waals surface area contributed by atoms with Crippen molar-refractivity contribution in [2.45, 2.75) is 76.0 Å². The Balaban J connectivity index is 1.32. The number of nitrogens with one attached hydrogen (secondary N) is 1. The first-order valence-corrected chi connectivity index (χ1v) is 9.93. The Kier molecular flexibility index (Phi) is 3.48. The number of nitrogens with zero attached hydrogens (tertiary/aromatic N) is 1. The number of fused-ring (bicyclic) bond motifs is 3. The number of alkyl halides is 2. The summed E-state index contributed by atoms with van der Waals surface area (Å²) in [7, 11) is 0. The van der Waals surface area contributed by atoms with Crippen LogP contribution in [-0.2, 0) is 0 Å². The van der Waals surface area contributed by atoms with Crippen LogP contribution in [0.5, 0.6) is 5.75 Å². The summed E-state index contributed by atoms with van der Waals surface area (Å²) in [5.41, 5.74) is -0.423. The molecule has 1 N–H and O–H groups in total. The molecule has 3 aliphatic heterocycles. The molecule has 1 spiro atoms. The Morgan fingerprint density at radius 2 is 1.86 bits per heavy atom. The third-order valence-corrected chi connectivity index (χ3v) is 6.82. The monoisotopic (exact) mass is 390 g/mol. The topological polar surface area (TPSA) is 58.6 Å². The van der Waals surface area contributed by atoms with E-state index in [0.717, 1.165) is 12.8 Å². The van der Waals surface area contributed by atoms with Crippen LogP contribution in [0.4, 0.5) is 19.3 Å². The number of benzene rings is 1. The second-order valence-electron chi connectivity index (χ2n) is 9.46. The van der Waals surface area contributed by atoms with Crippen LogP contribution in [0, 0.1) is 5.41 Å². The number of carbonyl (C=O) groups excluding carboxylic acids is 2. The summed E-state index contributed by atoms with van der Waals surface area (Å²) >= 11 is 0. The van der Waals surface area contributed by atoms with Crippen LogP contribution >= 0.6 is 0 Å². The van der Waals surface area contributed by atoms with Crippen LogP contribution in [-0.4, -0.2) is 40.3 Å². The average molecular weight is 390 g/mol. The summed E-state index contributed by atoms with van der Waals surface area (Å²) in [5, 5.41) is 2.86. The minimum absolute atomic E-state index is 0.0155. The van der Waals surface area contributed by atoms with Gasteiger partial charge in [0, 0.05) is 29.6 Å². The molecule has 3 heterocycles. The van der Waals surface area contributed by atoms with Gasteiger partial charge in [-0.1, -0.05) is 0 Å². The van der Waals surface area contributed by atoms with E-state index in [0.29, 0.717) is 29.8 Å². The third kappa shape index (κ3) is 2.62. The number of ketones is 1. The molecule has 2 atom stereocenters. The number of rotatable bonds is 1. The van der Waals surface area contributed by atoms with Crippen molar-refractivity contribution in [1.29, 1.82) is 0 Å². The molecule has 28 heavy (non-hydrogen) atoms. The fraction of sp³-hybridized carbons (Fsp3) is 0.619. The minimum Gasteiger partial charge on any atom is -0.487 e. The van der Waals surface area contributed by atoms with Crippen LogP contribution < -0.4 is 10.1 Å². The lowest BCUT2D eigenvalue weighted by atomic mass is 9.87. The fourth-order valence-corrected chi connectivity index (χ4v) is 5.42. The normalized spacial score (nSPS) is 34.0. The highest BCUT2D eigenvalue weighted by molar-refractivity contribution is 6.02. The third-order valence-electron chi connectivity index (χ3n) is 6.82. The van der Waals surface area contributed by atoms with E-state index < -0.39 is 16.9 Å². The molecule has 2 unspecified atom stereocenters. The van der Waals surface area contributed by atoms with E-state index in [4.69, 9.17) is 4.74 Å². The zero-order valence-corrected chi connectivity index (χ0v) is 16.1. The van der Waals surface area contributed by atoms with Gasteiger partial charge >= 0.3 is 6.03 Å². The first-order valence-electron chi connectivity index (χ1n) is 9.93. The number of ether oxygens (including phenoxy) is 1. The molecule has 0 aromatic heterocycles. The van der Waals surface area contributed by atoms with Gasteiger partial charge in [-0.05, 0) is 57.7 Å². The van der Waals surface area contributed by atoms with E-state index in [1.165, 1.54) is 0 Å². The van der Waals surface area contributed by atoms with E-state index in [1.807, 2.05) is 13.8 Å². The van der Waals surface area contributed by atoms with E-state index in [1.54, 1.807) is 23.1 Å². The molecule has 2 bridgehead atoms. The van der Waals surface area contributed by atoms with Crippen LogP contribution in [0.2, 0.25) is 0 Å². The Bertz CT molecular complexity index is 868. The molecule has 2 saturated heterocycles. The average Bonchev–Trinajstić information content (AvgIpc) is 2.96. The van der Waals surface area contributed by atoms with Gasteiger partial charge in [0.25, 0.3) is 5.92 Å². The van der Waals surface area contributed by atoms with Crippen molar-refractivity contribution in [3.8, 4) is 5.75 Å². The molecular formula is C21H24F2N2O3. The number of Topliss-reactive ketones (excluding diaryl/α,β-unsaturated/α-hetero) is 1. The molecule has 5 nitrogen and oxygen atoms in total. The van der Waals surface area contributed by atoms with Gasteiger partial charge in [-0.3, -0.25) is 4.79 Å². The highest BCUT2D eigenvalue weighted by Crippen LogP contribution is 2.69. The van der Waals surface area contributed by atoms with Gasteiger partial charge in [0.2, 0.25) is 0 Å². The molecule has 1 aliphatic carbocycles. The molecule has 3 fully saturated rings. The number of hydrogen-bond acceptors (Lipinski definition) is 3. The number of piperidine rings is 1. The second-order valence-corrected chi connectivity index (χ2v) is 9.46. The maximum Gasteiger partial charge on any atom is 0.322 e. The molecule has 1 saturated carbocycles. The quantitative estimate of drug-likeness (QED) is 0.762. The molecular weight excluding hydrogens is 366 g/mol. The molecule has 5 rings (SSSR count). The van der Waals surface area contributed by atoms with Crippen molar-refractivity contribution in [3.63, 3.8) is 0 Å². The predicted octanol–water partition coefficient (Wildman–Crippen LogP) is 4.61. The van der Waals surface area contributed by atoms with Crippen molar-refractivity contribution in [1.82, 2.24) is 4.90 Å². The van der Waals surface area contributed by atoms with Crippen molar-refractivity contribution in [3.05, 3.63) is 23.8 Å². The van der Waals surface area contributed by atoms with E-state index in [2.05, 4.69) is 5.32 Å². The molecule has 7 heteroatoms. The minimum atomic E-state index is -2.57. The number of carbonyl (C=O) groups is 2. The lowest BCUT2D eigenvalue weighted by Gasteiger charge is -2.39. The van der Waals surface area contributed by atoms with Gasteiger partial charge in [-0.2, -0.15) is 0 Å². The van der Waals surface area contributed by atoms with Gasteiger partial charge in [0.05, 0.1) is 12.0 Å². The van der Waals surface area contributed by atoms with Crippen LogP contribution in [0.15, 0.2) is 18.2 Å². The van der Waals surface area contributed by atoms with Crippen LogP contribution in [0.25, 0.3) is 0 Å². The number of anilines is 1. The van der Waals surface area contributed by atoms with Gasteiger partial charge in [0.1, 0.15) is 11.4 Å². The summed E-state index contributed by atoms with van der Waals surface area (Å²) in [6, 6.07) is 4.54. The number of amides is 2. The first-order chi connectivity index (χ1) is 13.1. The van der Waals surface area contributed by atoms with Crippen molar-refractivity contribution in [2.75, 3.05) is 5.32 Å². The SMILES string of the molecule is CC1(C)CC(=O)c2cc(NC(=O)N3C4CCC3CC3(C4)CC3(F)F)ccc2O1. The molecule has 1 aromatic carbocycles. The fourth-order valence-electron chi connectivity index (χ4n) is 5.42. The predicted molar refractivity (Wildman–Crippen MR) is 99.0 cm³/mol. The Morgan fingerprint density at radius 1 is 1.21 bits per heavy atom. The second kappa shape index (κ2) is 5.45. The van der Waals surface area contributed by atoms with Crippen molar-refractivity contribution in [2.24, 2.45) is 5.41 Å². The summed E-state index contributed by atoms with van der Waals surface area (Å²) < 4.78 is 33.5. The lowest BCUT2D eigenvalue weighted by Crippen LogP contribution is -2.50. The summed E-state index contributed by atoms with van der Waals surface area (Å²) in [4.78, 5) is 27.1. The summed E-state index contributed by atoms with van der Waals surface area (Å²) in [6.07, 6.45) is 2.57. The molecule has 4 aliphatic rings. The highest BCUT2D eigenvalue weighted by Gasteiger charge is 2.74. The summed E-state index contributed by atoms with van der Waals surface area (Å²) in [6.45, 7) is 3.73. The Hall–Kier alpha value is -2.18. The molecule has 0 radical (unpaired) electrons. The van der Waals surface area contributed by atoms with E-state index in [-0.39, 0.29) is 36.7 Å². The van der Waals surface area contributed by atoms with Gasteiger partial charge in [-0.25, -0.2) is 13.6 Å². The Morgan fingerprint density at radius 3 is 2.46 bits per heavy atom. The van der Waals surface area contributed by atoms with Crippen molar-refractivity contribution >= 4 is 17.5 Å². The van der Waals surface area contributed by atoms with E-state index >= 15 is 0 Å². The maximum atomic E-state index is 13.8. The van der Waals surface area contributed by atoms with Crippen molar-refractivity contribution < 1.29 is 23.1 Å².